The zero-order chi connectivity index (χ0) is 23.5. The van der Waals surface area contributed by atoms with E-state index in [1.54, 1.807) is 4.68 Å². The van der Waals surface area contributed by atoms with Gasteiger partial charge in [-0.05, 0) is 37.6 Å². The number of nitrogens with zero attached hydrogens (tertiary/aromatic N) is 4. The van der Waals surface area contributed by atoms with Gasteiger partial charge >= 0.3 is 0 Å². The number of carbonyl (C=O) groups is 1. The van der Waals surface area contributed by atoms with E-state index in [9.17, 15) is 4.79 Å². The molecule has 1 aliphatic heterocycles. The van der Waals surface area contributed by atoms with Crippen molar-refractivity contribution in [2.24, 2.45) is 7.05 Å². The topological polar surface area (TPSA) is 85.4 Å². The first-order valence-corrected chi connectivity index (χ1v) is 11.6. The van der Waals surface area contributed by atoms with Crippen LogP contribution < -0.4 is 5.32 Å². The summed E-state index contributed by atoms with van der Waals surface area (Å²) in [7, 11) is 1.84. The summed E-state index contributed by atoms with van der Waals surface area (Å²) in [5.74, 6) is 0.969. The van der Waals surface area contributed by atoms with Crippen molar-refractivity contribution >= 4 is 29.1 Å². The number of oxazole rings is 1. The number of amides is 1. The molecule has 0 radical (unpaired) electrons. The highest BCUT2D eigenvalue weighted by atomic mass is 35.5. The van der Waals surface area contributed by atoms with Crippen molar-refractivity contribution in [1.82, 2.24) is 25.0 Å². The van der Waals surface area contributed by atoms with Crippen LogP contribution in [0.15, 0.2) is 28.7 Å². The molecule has 176 valence electrons. The zero-order valence-corrected chi connectivity index (χ0v) is 20.4. The Morgan fingerprint density at radius 1 is 1.24 bits per heavy atom. The standard InChI is InChI=1S/C23H27Cl2N5O3/c1-14-8-21(29(3)28-14)23-27-20(15(2)33-23)10-22(31)26-11-17-13-30(6-7-32-17)12-16-4-5-18(24)19(25)9-16/h4-5,8-9,17H,6-7,10-13H2,1-3H3,(H,26,31)/t17-/m0/s1. The normalized spacial score (nSPS) is 16.8. The van der Waals surface area contributed by atoms with Crippen molar-refractivity contribution in [2.75, 3.05) is 26.2 Å². The van der Waals surface area contributed by atoms with Crippen LogP contribution in [0, 0.1) is 13.8 Å². The monoisotopic (exact) mass is 491 g/mol. The average Bonchev–Trinajstić information content (AvgIpc) is 3.30. The number of ether oxygens (including phenoxy) is 1. The second-order valence-electron chi connectivity index (χ2n) is 8.27. The Balaban J connectivity index is 1.29. The summed E-state index contributed by atoms with van der Waals surface area (Å²) in [5, 5.41) is 8.38. The van der Waals surface area contributed by atoms with E-state index >= 15 is 0 Å². The lowest BCUT2D eigenvalue weighted by atomic mass is 10.2. The zero-order valence-electron chi connectivity index (χ0n) is 18.9. The maximum atomic E-state index is 12.6. The summed E-state index contributed by atoms with van der Waals surface area (Å²) in [5.41, 5.74) is 3.37. The van der Waals surface area contributed by atoms with Crippen molar-refractivity contribution in [1.29, 1.82) is 0 Å². The summed E-state index contributed by atoms with van der Waals surface area (Å²) in [6.07, 6.45) is 0.0585. The number of nitrogens with one attached hydrogen (secondary N) is 1. The lowest BCUT2D eigenvalue weighted by Crippen LogP contribution is -2.47. The largest absolute Gasteiger partial charge is 0.440 e. The van der Waals surface area contributed by atoms with Gasteiger partial charge in [0, 0.05) is 33.2 Å². The van der Waals surface area contributed by atoms with Gasteiger partial charge in [0.2, 0.25) is 11.8 Å². The molecule has 10 heteroatoms. The summed E-state index contributed by atoms with van der Waals surface area (Å²) in [4.78, 5) is 19.4. The number of hydrogen-bond donors (Lipinski definition) is 1. The summed E-state index contributed by atoms with van der Waals surface area (Å²) < 4.78 is 13.3. The summed E-state index contributed by atoms with van der Waals surface area (Å²) in [6.45, 7) is 7.05. The smallest absolute Gasteiger partial charge is 0.245 e. The van der Waals surface area contributed by atoms with Crippen LogP contribution in [0.4, 0.5) is 0 Å². The van der Waals surface area contributed by atoms with Crippen LogP contribution in [0.25, 0.3) is 11.6 Å². The van der Waals surface area contributed by atoms with Gasteiger partial charge in [-0.25, -0.2) is 4.98 Å². The molecule has 0 saturated carbocycles. The van der Waals surface area contributed by atoms with E-state index in [1.807, 2.05) is 45.2 Å². The van der Waals surface area contributed by atoms with Gasteiger partial charge < -0.3 is 14.5 Å². The second-order valence-corrected chi connectivity index (χ2v) is 9.09. The Kier molecular flexibility index (Phi) is 7.38. The third-order valence-corrected chi connectivity index (χ3v) is 6.32. The van der Waals surface area contributed by atoms with Crippen molar-refractivity contribution in [3.05, 3.63) is 57.0 Å². The van der Waals surface area contributed by atoms with Crippen molar-refractivity contribution < 1.29 is 13.9 Å². The van der Waals surface area contributed by atoms with Crippen LogP contribution in [0.3, 0.4) is 0 Å². The molecule has 0 bridgehead atoms. The maximum absolute atomic E-state index is 12.6. The number of hydrogen-bond acceptors (Lipinski definition) is 6. The first-order chi connectivity index (χ1) is 15.8. The van der Waals surface area contributed by atoms with Crippen molar-refractivity contribution in [2.45, 2.75) is 32.9 Å². The van der Waals surface area contributed by atoms with E-state index in [1.165, 1.54) is 0 Å². The van der Waals surface area contributed by atoms with Gasteiger partial charge in [0.15, 0.2) is 0 Å². The molecule has 1 fully saturated rings. The molecule has 1 aromatic carbocycles. The van der Waals surface area contributed by atoms with E-state index in [0.717, 1.165) is 30.0 Å². The molecule has 3 aromatic rings. The minimum Gasteiger partial charge on any atom is -0.440 e. The van der Waals surface area contributed by atoms with E-state index < -0.39 is 0 Å². The Labute approximate surface area is 202 Å². The second kappa shape index (κ2) is 10.3. The first kappa shape index (κ1) is 23.8. The van der Waals surface area contributed by atoms with Crippen molar-refractivity contribution in [3.8, 4) is 11.6 Å². The number of rotatable bonds is 7. The molecular formula is C23H27Cl2N5O3. The Morgan fingerprint density at radius 3 is 2.79 bits per heavy atom. The lowest BCUT2D eigenvalue weighted by Gasteiger charge is -2.33. The van der Waals surface area contributed by atoms with Crippen LogP contribution in [-0.2, 0) is 29.5 Å². The number of benzene rings is 1. The van der Waals surface area contributed by atoms with E-state index in [-0.39, 0.29) is 18.4 Å². The molecule has 0 aliphatic carbocycles. The molecule has 1 saturated heterocycles. The molecule has 33 heavy (non-hydrogen) atoms. The Morgan fingerprint density at radius 2 is 2.06 bits per heavy atom. The Hall–Kier alpha value is -2.39. The number of halogens is 2. The fourth-order valence-electron chi connectivity index (χ4n) is 3.90. The number of aryl methyl sites for hydroxylation is 3. The van der Waals surface area contributed by atoms with Gasteiger partial charge in [0.05, 0.1) is 40.6 Å². The molecule has 1 N–H and O–H groups in total. The maximum Gasteiger partial charge on any atom is 0.245 e. The molecule has 1 aliphatic rings. The molecule has 1 atom stereocenters. The highest BCUT2D eigenvalue weighted by Gasteiger charge is 2.22. The average molecular weight is 492 g/mol. The van der Waals surface area contributed by atoms with Crippen LogP contribution >= 0.6 is 23.2 Å². The van der Waals surface area contributed by atoms with Crippen LogP contribution in [0.5, 0.6) is 0 Å². The fourth-order valence-corrected chi connectivity index (χ4v) is 4.22. The number of aromatic nitrogens is 3. The molecule has 2 aromatic heterocycles. The molecule has 0 spiro atoms. The van der Waals surface area contributed by atoms with Gasteiger partial charge in [-0.3, -0.25) is 14.4 Å². The van der Waals surface area contributed by atoms with Crippen LogP contribution in [0.1, 0.15) is 22.7 Å². The summed E-state index contributed by atoms with van der Waals surface area (Å²) >= 11 is 12.1. The van der Waals surface area contributed by atoms with Gasteiger partial charge in [-0.1, -0.05) is 29.3 Å². The van der Waals surface area contributed by atoms with E-state index in [0.29, 0.717) is 47.1 Å². The quantitative estimate of drug-likeness (QED) is 0.543. The van der Waals surface area contributed by atoms with Gasteiger partial charge in [0.1, 0.15) is 11.5 Å². The Bertz CT molecular complexity index is 1140. The van der Waals surface area contributed by atoms with Crippen molar-refractivity contribution in [3.63, 3.8) is 0 Å². The van der Waals surface area contributed by atoms with E-state index in [4.69, 9.17) is 32.4 Å². The predicted octanol–water partition coefficient (Wildman–Crippen LogP) is 3.56. The van der Waals surface area contributed by atoms with Gasteiger partial charge in [-0.2, -0.15) is 5.10 Å². The van der Waals surface area contributed by atoms with E-state index in [2.05, 4.69) is 20.3 Å². The third kappa shape index (κ3) is 5.95. The third-order valence-electron chi connectivity index (χ3n) is 5.58. The fraction of sp³-hybridized carbons (Fsp3) is 0.435. The minimum absolute atomic E-state index is 0.0862. The van der Waals surface area contributed by atoms with Crippen LogP contribution in [0.2, 0.25) is 10.0 Å². The van der Waals surface area contributed by atoms with Gasteiger partial charge in [0.25, 0.3) is 0 Å². The highest BCUT2D eigenvalue weighted by Crippen LogP contribution is 2.24. The highest BCUT2D eigenvalue weighted by molar-refractivity contribution is 6.42. The van der Waals surface area contributed by atoms with Crippen LogP contribution in [-0.4, -0.2) is 57.9 Å². The minimum atomic E-state index is -0.121. The SMILES string of the molecule is Cc1cc(-c2nc(CC(=O)NC[C@H]3CN(Cc4ccc(Cl)c(Cl)c4)CCO3)c(C)o2)n(C)n1. The first-order valence-electron chi connectivity index (χ1n) is 10.8. The molecule has 0 unspecified atom stereocenters. The number of carbonyl (C=O) groups excluding carboxylic acids is 1. The predicted molar refractivity (Wildman–Crippen MR) is 126 cm³/mol. The summed E-state index contributed by atoms with van der Waals surface area (Å²) in [6, 6.07) is 7.57. The lowest BCUT2D eigenvalue weighted by molar-refractivity contribution is -0.121. The number of morpholine rings is 1. The molecule has 3 heterocycles. The molecule has 8 nitrogen and oxygen atoms in total. The molecule has 1 amide bonds. The molecule has 4 rings (SSSR count). The van der Waals surface area contributed by atoms with Gasteiger partial charge in [-0.15, -0.1) is 0 Å². The molecular weight excluding hydrogens is 465 g/mol.